The van der Waals surface area contributed by atoms with Crippen molar-refractivity contribution in [3.8, 4) is 11.4 Å². The quantitative estimate of drug-likeness (QED) is 0.389. The molecule has 0 fully saturated rings. The molecule has 0 aliphatic heterocycles. The van der Waals surface area contributed by atoms with Crippen LogP contribution >= 0.6 is 22.9 Å². The fourth-order valence-corrected chi connectivity index (χ4v) is 4.21. The van der Waals surface area contributed by atoms with Crippen LogP contribution in [0, 0.1) is 19.7 Å². The zero-order valence-corrected chi connectivity index (χ0v) is 18.5. The molecule has 162 valence electrons. The number of aryl methyl sites for hydroxylation is 2. The highest BCUT2D eigenvalue weighted by molar-refractivity contribution is 7.18. The monoisotopic (exact) mass is 470 g/mol. The Hall–Kier alpha value is -3.56. The van der Waals surface area contributed by atoms with E-state index in [2.05, 4.69) is 20.8 Å². The maximum atomic E-state index is 13.2. The van der Waals surface area contributed by atoms with Gasteiger partial charge in [-0.2, -0.15) is 4.98 Å². The summed E-state index contributed by atoms with van der Waals surface area (Å²) in [5.41, 5.74) is 1.96. The molecule has 2 aromatic carbocycles. The predicted octanol–water partition coefficient (Wildman–Crippen LogP) is 5.71. The minimum Gasteiger partial charge on any atom is -0.339 e. The Kier molecular flexibility index (Phi) is 6.02. The lowest BCUT2D eigenvalue weighted by Crippen LogP contribution is -2.12. The molecule has 0 saturated carbocycles. The first kappa shape index (κ1) is 21.7. The lowest BCUT2D eigenvalue weighted by molar-refractivity contribution is 0.102. The Bertz CT molecular complexity index is 1330. The number of nitrogens with one attached hydrogen (secondary N) is 2. The van der Waals surface area contributed by atoms with E-state index in [1.54, 1.807) is 44.2 Å². The van der Waals surface area contributed by atoms with E-state index in [1.165, 1.54) is 6.07 Å². The molecular weight excluding hydrogens is 455 g/mol. The number of nitrogens with zero attached hydrogens (tertiary/aromatic N) is 2. The number of para-hydroxylation sites is 1. The number of carbonyl (C=O) groups is 2. The van der Waals surface area contributed by atoms with Gasteiger partial charge in [0, 0.05) is 12.5 Å². The van der Waals surface area contributed by atoms with Gasteiger partial charge in [0.05, 0.1) is 26.2 Å². The second-order valence-corrected chi connectivity index (χ2v) is 8.30. The number of benzene rings is 2. The number of aromatic nitrogens is 2. The maximum absolute atomic E-state index is 13.2. The fraction of sp³-hybridized carbons (Fsp3) is 0.0909. The van der Waals surface area contributed by atoms with Gasteiger partial charge >= 0.3 is 0 Å². The van der Waals surface area contributed by atoms with E-state index >= 15 is 0 Å². The average molecular weight is 471 g/mol. The number of thiophene rings is 1. The molecule has 0 spiro atoms. The van der Waals surface area contributed by atoms with Gasteiger partial charge in [0.1, 0.15) is 5.82 Å². The molecule has 2 amide bonds. The lowest BCUT2D eigenvalue weighted by Gasteiger charge is -2.08. The number of hydrogen-bond acceptors (Lipinski definition) is 6. The number of hydrogen-bond donors (Lipinski definition) is 2. The predicted molar refractivity (Wildman–Crippen MR) is 121 cm³/mol. The average Bonchev–Trinajstić information content (AvgIpc) is 3.33. The maximum Gasteiger partial charge on any atom is 0.266 e. The van der Waals surface area contributed by atoms with Crippen molar-refractivity contribution in [2.75, 3.05) is 10.6 Å². The van der Waals surface area contributed by atoms with Crippen LogP contribution in [0.3, 0.4) is 0 Å². The first-order valence-corrected chi connectivity index (χ1v) is 10.6. The van der Waals surface area contributed by atoms with Gasteiger partial charge in [0.2, 0.25) is 11.7 Å². The van der Waals surface area contributed by atoms with Crippen molar-refractivity contribution in [2.45, 2.75) is 13.8 Å². The molecule has 10 heteroatoms. The molecule has 2 aromatic heterocycles. The molecule has 4 rings (SSSR count). The van der Waals surface area contributed by atoms with Gasteiger partial charge in [-0.1, -0.05) is 28.9 Å². The Morgan fingerprint density at radius 3 is 2.56 bits per heavy atom. The third-order valence-corrected chi connectivity index (χ3v) is 5.94. The van der Waals surface area contributed by atoms with Gasteiger partial charge in [-0.05, 0) is 48.9 Å². The van der Waals surface area contributed by atoms with Crippen LogP contribution in [0.1, 0.15) is 31.5 Å². The van der Waals surface area contributed by atoms with Crippen LogP contribution in [0.2, 0.25) is 5.02 Å². The fourth-order valence-electron chi connectivity index (χ4n) is 3.00. The molecule has 0 saturated heterocycles. The van der Waals surface area contributed by atoms with Crippen molar-refractivity contribution in [2.24, 2.45) is 0 Å². The molecule has 4 aromatic rings. The Morgan fingerprint density at radius 2 is 1.84 bits per heavy atom. The molecule has 0 aliphatic carbocycles. The third-order valence-electron chi connectivity index (χ3n) is 4.48. The van der Waals surface area contributed by atoms with E-state index < -0.39 is 11.7 Å². The highest BCUT2D eigenvalue weighted by Crippen LogP contribution is 2.31. The summed E-state index contributed by atoms with van der Waals surface area (Å²) < 4.78 is 18.3. The number of halogens is 2. The summed E-state index contributed by atoms with van der Waals surface area (Å²) in [6, 6.07) is 12.3. The molecular formula is C22H16ClFN4O3S. The van der Waals surface area contributed by atoms with E-state index in [1.807, 2.05) is 0 Å². The molecule has 32 heavy (non-hydrogen) atoms. The largest absolute Gasteiger partial charge is 0.339 e. The number of rotatable bonds is 5. The molecule has 0 aliphatic rings. The summed E-state index contributed by atoms with van der Waals surface area (Å²) in [4.78, 5) is 30.1. The molecule has 0 bridgehead atoms. The van der Waals surface area contributed by atoms with Gasteiger partial charge < -0.3 is 15.2 Å². The Balaban J connectivity index is 1.53. The highest BCUT2D eigenvalue weighted by Gasteiger charge is 2.19. The van der Waals surface area contributed by atoms with Crippen LogP contribution in [0.4, 0.5) is 15.1 Å². The van der Waals surface area contributed by atoms with Crippen molar-refractivity contribution in [3.05, 3.63) is 81.3 Å². The molecule has 0 atom stereocenters. The van der Waals surface area contributed by atoms with Crippen molar-refractivity contribution >= 4 is 45.4 Å². The highest BCUT2D eigenvalue weighted by atomic mass is 35.5. The van der Waals surface area contributed by atoms with Crippen molar-refractivity contribution in [3.63, 3.8) is 0 Å². The first-order valence-electron chi connectivity index (χ1n) is 9.39. The van der Waals surface area contributed by atoms with Gasteiger partial charge in [-0.15, -0.1) is 11.3 Å². The first-order chi connectivity index (χ1) is 15.3. The van der Waals surface area contributed by atoms with Crippen LogP contribution in [-0.2, 0) is 0 Å². The van der Waals surface area contributed by atoms with Crippen LogP contribution in [0.25, 0.3) is 11.4 Å². The molecule has 2 heterocycles. The number of amides is 2. The zero-order valence-electron chi connectivity index (χ0n) is 16.9. The number of carbonyl (C=O) groups excluding carboxylic acids is 2. The Labute approximate surface area is 191 Å². The molecule has 0 unspecified atom stereocenters. The van der Waals surface area contributed by atoms with Crippen LogP contribution in [0.15, 0.2) is 53.1 Å². The Morgan fingerprint density at radius 1 is 1.06 bits per heavy atom. The summed E-state index contributed by atoms with van der Waals surface area (Å²) in [5, 5.41) is 9.93. The van der Waals surface area contributed by atoms with Gasteiger partial charge in [-0.25, -0.2) is 4.39 Å². The van der Waals surface area contributed by atoms with Crippen molar-refractivity contribution in [1.82, 2.24) is 10.1 Å². The summed E-state index contributed by atoms with van der Waals surface area (Å²) in [5.74, 6) is -0.599. The van der Waals surface area contributed by atoms with E-state index in [0.29, 0.717) is 38.4 Å². The topological polar surface area (TPSA) is 97.1 Å². The second kappa shape index (κ2) is 8.89. The normalized spacial score (nSPS) is 10.8. The number of anilines is 2. The minimum atomic E-state index is -0.534. The van der Waals surface area contributed by atoms with Gasteiger partial charge in [-0.3, -0.25) is 9.59 Å². The zero-order chi connectivity index (χ0) is 22.8. The van der Waals surface area contributed by atoms with Gasteiger partial charge in [0.25, 0.3) is 11.8 Å². The standard InChI is InChI=1S/C22H16ClFN4O3S/c1-11-9-18(27-21(29)14-8-7-13(24)10-16(14)23)32-19(11)22(30)26-17-6-4-3-5-15(17)20-25-12(2)31-28-20/h3-10H,1-2H3,(H,26,30)(H,27,29). The van der Waals surface area contributed by atoms with E-state index in [9.17, 15) is 14.0 Å². The van der Waals surface area contributed by atoms with E-state index in [0.717, 1.165) is 23.5 Å². The second-order valence-electron chi connectivity index (χ2n) is 6.84. The lowest BCUT2D eigenvalue weighted by atomic mass is 10.1. The van der Waals surface area contributed by atoms with Crippen molar-refractivity contribution in [1.29, 1.82) is 0 Å². The van der Waals surface area contributed by atoms with Crippen LogP contribution in [0.5, 0.6) is 0 Å². The summed E-state index contributed by atoms with van der Waals surface area (Å²) in [7, 11) is 0. The SMILES string of the molecule is Cc1nc(-c2ccccc2NC(=O)c2sc(NC(=O)c3ccc(F)cc3Cl)cc2C)no1. The minimum absolute atomic E-state index is 0.00190. The van der Waals surface area contributed by atoms with E-state index in [-0.39, 0.29) is 16.5 Å². The summed E-state index contributed by atoms with van der Waals surface area (Å²) in [6.07, 6.45) is 0. The molecule has 2 N–H and O–H groups in total. The van der Waals surface area contributed by atoms with Crippen LogP contribution in [-0.4, -0.2) is 22.0 Å². The summed E-state index contributed by atoms with van der Waals surface area (Å²) in [6.45, 7) is 3.45. The third kappa shape index (κ3) is 4.53. The molecule has 7 nitrogen and oxygen atoms in total. The van der Waals surface area contributed by atoms with Crippen molar-refractivity contribution < 1.29 is 18.5 Å². The molecule has 0 radical (unpaired) electrons. The van der Waals surface area contributed by atoms with Crippen LogP contribution < -0.4 is 10.6 Å². The summed E-state index contributed by atoms with van der Waals surface area (Å²) >= 11 is 7.07. The van der Waals surface area contributed by atoms with Gasteiger partial charge in [0.15, 0.2) is 0 Å². The van der Waals surface area contributed by atoms with E-state index in [4.69, 9.17) is 16.1 Å². The smallest absolute Gasteiger partial charge is 0.266 e.